The molecule has 5 nitrogen and oxygen atoms in total. The van der Waals surface area contributed by atoms with Crippen molar-refractivity contribution in [2.75, 3.05) is 24.3 Å². The third kappa shape index (κ3) is 4.72. The van der Waals surface area contributed by atoms with E-state index in [-0.39, 0.29) is 12.1 Å². The number of hydrogen-bond donors (Lipinski definition) is 2. The summed E-state index contributed by atoms with van der Waals surface area (Å²) in [5.41, 5.74) is 1.08. The number of carbonyl (C=O) groups is 1. The first kappa shape index (κ1) is 22.8. The molecule has 0 unspecified atom stereocenters. The summed E-state index contributed by atoms with van der Waals surface area (Å²) in [7, 11) is 3.95. The lowest BCUT2D eigenvalue weighted by Gasteiger charge is -2.30. The molecule has 1 fully saturated rings. The van der Waals surface area contributed by atoms with E-state index in [2.05, 4.69) is 10.6 Å². The van der Waals surface area contributed by atoms with E-state index < -0.39 is 34.7 Å². The molecule has 0 radical (unpaired) electrons. The summed E-state index contributed by atoms with van der Waals surface area (Å²) in [6.45, 7) is 0. The Hall–Kier alpha value is -3.36. The largest absolute Gasteiger partial charge is 0.377 e. The number of anilines is 2. The topological polar surface area (TPSA) is 57.3 Å². The van der Waals surface area contributed by atoms with Gasteiger partial charge in [-0.25, -0.2) is 22.5 Å². The highest BCUT2D eigenvalue weighted by Crippen LogP contribution is 2.29. The molecule has 2 N–H and O–H groups in total. The van der Waals surface area contributed by atoms with Crippen LogP contribution >= 0.6 is 0 Å². The fraction of sp³-hybridized carbons (Fsp3) is 0.333. The van der Waals surface area contributed by atoms with Crippen molar-refractivity contribution in [1.82, 2.24) is 10.3 Å². The average Bonchev–Trinajstić information content (AvgIpc) is 2.80. The zero-order valence-corrected chi connectivity index (χ0v) is 18.3. The Balaban J connectivity index is 1.39. The minimum atomic E-state index is -1.99. The normalized spacial score (nSPS) is 18.2. The molecule has 9 heteroatoms. The molecule has 174 valence electrons. The van der Waals surface area contributed by atoms with Gasteiger partial charge < -0.3 is 15.5 Å². The Labute approximate surface area is 188 Å². The smallest absolute Gasteiger partial charge is 0.254 e. The van der Waals surface area contributed by atoms with Gasteiger partial charge in [-0.3, -0.25) is 4.79 Å². The summed E-state index contributed by atoms with van der Waals surface area (Å²) >= 11 is 0. The van der Waals surface area contributed by atoms with E-state index >= 15 is 0 Å². The highest BCUT2D eigenvalue weighted by molar-refractivity contribution is 5.95. The first-order valence-corrected chi connectivity index (χ1v) is 10.7. The molecule has 33 heavy (non-hydrogen) atoms. The van der Waals surface area contributed by atoms with E-state index in [1.54, 1.807) is 0 Å². The molecule has 3 aromatic rings. The number of halogens is 4. The van der Waals surface area contributed by atoms with Crippen LogP contribution in [0.5, 0.6) is 0 Å². The van der Waals surface area contributed by atoms with Gasteiger partial charge in [-0.15, -0.1) is 0 Å². The molecule has 1 heterocycles. The van der Waals surface area contributed by atoms with Crippen LogP contribution in [0.25, 0.3) is 10.9 Å². The Morgan fingerprint density at radius 1 is 0.939 bits per heavy atom. The van der Waals surface area contributed by atoms with Crippen molar-refractivity contribution in [3.8, 4) is 0 Å². The third-order valence-corrected chi connectivity index (χ3v) is 5.94. The van der Waals surface area contributed by atoms with Crippen LogP contribution in [0.15, 0.2) is 36.4 Å². The third-order valence-electron chi connectivity index (χ3n) is 5.94. The second-order valence-electron chi connectivity index (χ2n) is 8.45. The number of fused-ring (bicyclic) bond motifs is 1. The van der Waals surface area contributed by atoms with Crippen molar-refractivity contribution in [2.45, 2.75) is 37.8 Å². The predicted octanol–water partition coefficient (Wildman–Crippen LogP) is 5.01. The number of pyridine rings is 1. The van der Waals surface area contributed by atoms with E-state index in [1.165, 1.54) is 0 Å². The zero-order chi connectivity index (χ0) is 23.7. The lowest BCUT2D eigenvalue weighted by Crippen LogP contribution is -2.40. The monoisotopic (exact) mass is 460 g/mol. The van der Waals surface area contributed by atoms with Crippen LogP contribution in [0.2, 0.25) is 0 Å². The molecule has 0 bridgehead atoms. The van der Waals surface area contributed by atoms with Crippen molar-refractivity contribution < 1.29 is 22.4 Å². The maximum absolute atomic E-state index is 13.9. The summed E-state index contributed by atoms with van der Waals surface area (Å²) in [6, 6.07) is 10.1. The standard InChI is InChI=1S/C24H24F4N4O/c1-32(2)19-12-20(31-18-6-4-3-5-15(18)19)29-13-7-9-14(10-8-13)30-24(33)16-11-17(25)22(27)23(28)21(16)26/h3-6,11-14H,7-10H2,1-2H3,(H,29,31)(H,30,33)/t13-,14+. The van der Waals surface area contributed by atoms with Crippen molar-refractivity contribution in [3.05, 3.63) is 65.2 Å². The van der Waals surface area contributed by atoms with Gasteiger partial charge in [-0.1, -0.05) is 18.2 Å². The van der Waals surface area contributed by atoms with Crippen LogP contribution in [0.4, 0.5) is 29.1 Å². The fourth-order valence-corrected chi connectivity index (χ4v) is 4.19. The van der Waals surface area contributed by atoms with E-state index in [0.717, 1.165) is 22.4 Å². The van der Waals surface area contributed by atoms with E-state index in [1.807, 2.05) is 49.3 Å². The summed E-state index contributed by atoms with van der Waals surface area (Å²) < 4.78 is 53.9. The molecular formula is C24H24F4N4O. The van der Waals surface area contributed by atoms with E-state index in [4.69, 9.17) is 4.98 Å². The van der Waals surface area contributed by atoms with Crippen molar-refractivity contribution in [2.24, 2.45) is 0 Å². The number of carbonyl (C=O) groups excluding carboxylic acids is 1. The summed E-state index contributed by atoms with van der Waals surface area (Å²) in [4.78, 5) is 19.0. The summed E-state index contributed by atoms with van der Waals surface area (Å²) in [6.07, 6.45) is 2.60. The molecule has 1 saturated carbocycles. The Morgan fingerprint density at radius 3 is 2.30 bits per heavy atom. The maximum Gasteiger partial charge on any atom is 0.254 e. The second kappa shape index (κ2) is 9.25. The van der Waals surface area contributed by atoms with Crippen LogP contribution < -0.4 is 15.5 Å². The Kier molecular flexibility index (Phi) is 6.40. The highest BCUT2D eigenvalue weighted by Gasteiger charge is 2.27. The van der Waals surface area contributed by atoms with E-state index in [0.29, 0.717) is 31.7 Å². The Morgan fingerprint density at radius 2 is 1.61 bits per heavy atom. The van der Waals surface area contributed by atoms with Crippen molar-refractivity contribution in [1.29, 1.82) is 0 Å². The van der Waals surface area contributed by atoms with Gasteiger partial charge in [0.25, 0.3) is 5.91 Å². The zero-order valence-electron chi connectivity index (χ0n) is 18.3. The number of benzene rings is 2. The van der Waals surface area contributed by atoms with Crippen molar-refractivity contribution in [3.63, 3.8) is 0 Å². The average molecular weight is 460 g/mol. The van der Waals surface area contributed by atoms with Gasteiger partial charge in [0.2, 0.25) is 0 Å². The summed E-state index contributed by atoms with van der Waals surface area (Å²) in [5.74, 6) is -7.44. The number of para-hydroxylation sites is 1. The lowest BCUT2D eigenvalue weighted by molar-refractivity contribution is 0.0920. The predicted molar refractivity (Wildman–Crippen MR) is 119 cm³/mol. The number of rotatable bonds is 5. The highest BCUT2D eigenvalue weighted by atomic mass is 19.2. The van der Waals surface area contributed by atoms with Gasteiger partial charge in [0.15, 0.2) is 23.3 Å². The van der Waals surface area contributed by atoms with E-state index in [9.17, 15) is 22.4 Å². The van der Waals surface area contributed by atoms with Crippen LogP contribution in [0.3, 0.4) is 0 Å². The number of aromatic nitrogens is 1. The lowest BCUT2D eigenvalue weighted by atomic mass is 9.91. The van der Waals surface area contributed by atoms with Gasteiger partial charge >= 0.3 is 0 Å². The molecule has 2 aromatic carbocycles. The number of nitrogens with one attached hydrogen (secondary N) is 2. The van der Waals surface area contributed by atoms with Gasteiger partial charge in [-0.2, -0.15) is 0 Å². The van der Waals surface area contributed by atoms with Gasteiger partial charge in [0.05, 0.1) is 11.1 Å². The molecule has 0 spiro atoms. The minimum absolute atomic E-state index is 0.124. The van der Waals surface area contributed by atoms with Crippen molar-refractivity contribution >= 4 is 28.3 Å². The molecule has 1 aliphatic rings. The van der Waals surface area contributed by atoms with Crippen LogP contribution in [0.1, 0.15) is 36.0 Å². The van der Waals surface area contributed by atoms with Crippen LogP contribution in [-0.4, -0.2) is 37.1 Å². The molecule has 0 atom stereocenters. The molecular weight excluding hydrogens is 436 g/mol. The number of amides is 1. The fourth-order valence-electron chi connectivity index (χ4n) is 4.19. The Bertz CT molecular complexity index is 1190. The molecule has 1 aliphatic carbocycles. The SMILES string of the molecule is CN(C)c1cc(N[C@H]2CC[C@@H](NC(=O)c3cc(F)c(F)c(F)c3F)CC2)nc2ccccc12. The molecule has 0 aliphatic heterocycles. The molecule has 0 saturated heterocycles. The number of hydrogen-bond acceptors (Lipinski definition) is 4. The quantitative estimate of drug-likeness (QED) is 0.319. The second-order valence-corrected chi connectivity index (χ2v) is 8.45. The first-order valence-electron chi connectivity index (χ1n) is 10.7. The minimum Gasteiger partial charge on any atom is -0.377 e. The summed E-state index contributed by atoms with van der Waals surface area (Å²) in [5, 5.41) is 7.11. The number of nitrogens with zero attached hydrogens (tertiary/aromatic N) is 2. The maximum atomic E-state index is 13.9. The van der Waals surface area contributed by atoms with Gasteiger partial charge in [0.1, 0.15) is 5.82 Å². The van der Waals surface area contributed by atoms with Crippen LogP contribution in [0, 0.1) is 23.3 Å². The first-order chi connectivity index (χ1) is 15.7. The van der Waals surface area contributed by atoms with Gasteiger partial charge in [0, 0.05) is 43.3 Å². The molecule has 4 rings (SSSR count). The molecule has 1 aromatic heterocycles. The van der Waals surface area contributed by atoms with Crippen LogP contribution in [-0.2, 0) is 0 Å². The molecule has 1 amide bonds. The van der Waals surface area contributed by atoms with Gasteiger partial charge in [-0.05, 0) is 37.8 Å².